The van der Waals surface area contributed by atoms with E-state index in [2.05, 4.69) is 48.7 Å². The maximum Gasteiger partial charge on any atom is 0.0487 e. The highest BCUT2D eigenvalue weighted by Crippen LogP contribution is 2.51. The van der Waals surface area contributed by atoms with Crippen LogP contribution in [0.15, 0.2) is 41.8 Å². The first kappa shape index (κ1) is 11.9. The molecule has 1 heterocycles. The Hall–Kier alpha value is -1.12. The smallest absolute Gasteiger partial charge is 0.0487 e. The molecule has 0 aliphatic heterocycles. The number of hydrogen-bond acceptors (Lipinski definition) is 2. The Balaban J connectivity index is 1.97. The van der Waals surface area contributed by atoms with Crippen LogP contribution in [0.2, 0.25) is 0 Å². The molecule has 2 heteroatoms. The lowest BCUT2D eigenvalue weighted by Gasteiger charge is -2.46. The van der Waals surface area contributed by atoms with Gasteiger partial charge in [-0.15, -0.1) is 11.3 Å². The zero-order chi connectivity index (χ0) is 12.6. The SMILES string of the molecule is Cc1ccc(C2(C(N)c3cccs3)CCC2)cc1. The second-order valence-corrected chi connectivity index (χ2v) is 6.35. The van der Waals surface area contributed by atoms with Crippen LogP contribution in [-0.2, 0) is 5.41 Å². The molecular weight excluding hydrogens is 238 g/mol. The van der Waals surface area contributed by atoms with E-state index in [1.54, 1.807) is 11.3 Å². The van der Waals surface area contributed by atoms with E-state index in [-0.39, 0.29) is 11.5 Å². The van der Waals surface area contributed by atoms with E-state index in [9.17, 15) is 0 Å². The van der Waals surface area contributed by atoms with Crippen LogP contribution >= 0.6 is 11.3 Å². The largest absolute Gasteiger partial charge is 0.323 e. The lowest BCUT2D eigenvalue weighted by molar-refractivity contribution is 0.198. The van der Waals surface area contributed by atoms with Crippen molar-refractivity contribution in [1.82, 2.24) is 0 Å². The van der Waals surface area contributed by atoms with Crippen molar-refractivity contribution in [1.29, 1.82) is 0 Å². The highest BCUT2D eigenvalue weighted by molar-refractivity contribution is 7.10. The van der Waals surface area contributed by atoms with Crippen molar-refractivity contribution >= 4 is 11.3 Å². The van der Waals surface area contributed by atoms with Crippen LogP contribution in [-0.4, -0.2) is 0 Å². The lowest BCUT2D eigenvalue weighted by atomic mass is 9.60. The molecule has 1 aromatic carbocycles. The second kappa shape index (κ2) is 4.52. The van der Waals surface area contributed by atoms with E-state index in [0.717, 1.165) is 0 Å². The van der Waals surface area contributed by atoms with Crippen LogP contribution in [0.3, 0.4) is 0 Å². The molecule has 1 saturated carbocycles. The molecule has 0 amide bonds. The molecule has 1 aromatic heterocycles. The first-order chi connectivity index (χ1) is 8.72. The minimum absolute atomic E-state index is 0.147. The monoisotopic (exact) mass is 257 g/mol. The van der Waals surface area contributed by atoms with E-state index in [1.807, 2.05) is 0 Å². The number of nitrogens with two attached hydrogens (primary N) is 1. The zero-order valence-corrected chi connectivity index (χ0v) is 11.5. The molecule has 0 saturated heterocycles. The molecular formula is C16H19NS. The zero-order valence-electron chi connectivity index (χ0n) is 10.7. The standard InChI is InChI=1S/C16H19NS/c1-12-5-7-13(8-6-12)16(9-3-10-16)15(17)14-4-2-11-18-14/h2,4-8,11,15H,3,9-10,17H2,1H3. The van der Waals surface area contributed by atoms with E-state index >= 15 is 0 Å². The molecule has 94 valence electrons. The molecule has 1 fully saturated rings. The van der Waals surface area contributed by atoms with Crippen molar-refractivity contribution in [3.63, 3.8) is 0 Å². The number of aryl methyl sites for hydroxylation is 1. The summed E-state index contributed by atoms with van der Waals surface area (Å²) in [6.07, 6.45) is 3.73. The number of rotatable bonds is 3. The van der Waals surface area contributed by atoms with Crippen LogP contribution in [0.4, 0.5) is 0 Å². The van der Waals surface area contributed by atoms with Gasteiger partial charge in [0.25, 0.3) is 0 Å². The Bertz CT molecular complexity index is 509. The van der Waals surface area contributed by atoms with E-state index < -0.39 is 0 Å². The van der Waals surface area contributed by atoms with Crippen molar-refractivity contribution in [3.8, 4) is 0 Å². The van der Waals surface area contributed by atoms with Gasteiger partial charge in [-0.2, -0.15) is 0 Å². The quantitative estimate of drug-likeness (QED) is 0.877. The van der Waals surface area contributed by atoms with Gasteiger partial charge in [0.15, 0.2) is 0 Å². The van der Waals surface area contributed by atoms with Crippen LogP contribution in [0.1, 0.15) is 41.3 Å². The van der Waals surface area contributed by atoms with Gasteiger partial charge in [-0.3, -0.25) is 0 Å². The summed E-state index contributed by atoms with van der Waals surface area (Å²) in [7, 11) is 0. The van der Waals surface area contributed by atoms with Crippen LogP contribution in [0.5, 0.6) is 0 Å². The predicted molar refractivity (Wildman–Crippen MR) is 78.0 cm³/mol. The summed E-state index contributed by atoms with van der Waals surface area (Å²) >= 11 is 1.78. The molecule has 0 spiro atoms. The van der Waals surface area contributed by atoms with Gasteiger partial charge >= 0.3 is 0 Å². The Kier molecular flexibility index (Phi) is 3.00. The summed E-state index contributed by atoms with van der Waals surface area (Å²) in [6.45, 7) is 2.14. The molecule has 1 atom stereocenters. The van der Waals surface area contributed by atoms with Crippen molar-refractivity contribution in [2.45, 2.75) is 37.6 Å². The van der Waals surface area contributed by atoms with E-state index in [1.165, 1.54) is 35.3 Å². The summed E-state index contributed by atoms with van der Waals surface area (Å²) in [6, 6.07) is 13.4. The maximum atomic E-state index is 6.56. The molecule has 1 nitrogen and oxygen atoms in total. The average Bonchev–Trinajstić information content (AvgIpc) is 2.83. The summed E-state index contributed by atoms with van der Waals surface area (Å²) in [4.78, 5) is 1.32. The van der Waals surface area contributed by atoms with Crippen LogP contribution in [0.25, 0.3) is 0 Å². The predicted octanol–water partition coefficient (Wildman–Crippen LogP) is 4.18. The molecule has 2 aromatic rings. The lowest BCUT2D eigenvalue weighted by Crippen LogP contribution is -2.44. The summed E-state index contributed by atoms with van der Waals surface area (Å²) in [5, 5.41) is 2.12. The molecule has 18 heavy (non-hydrogen) atoms. The van der Waals surface area contributed by atoms with Gasteiger partial charge in [0, 0.05) is 16.3 Å². The first-order valence-electron chi connectivity index (χ1n) is 6.58. The second-order valence-electron chi connectivity index (χ2n) is 5.37. The van der Waals surface area contributed by atoms with Crippen molar-refractivity contribution in [3.05, 3.63) is 57.8 Å². The van der Waals surface area contributed by atoms with Crippen molar-refractivity contribution in [2.75, 3.05) is 0 Å². The Labute approximate surface area is 113 Å². The normalized spacial score (nSPS) is 19.2. The summed E-state index contributed by atoms with van der Waals surface area (Å²) in [5.74, 6) is 0. The highest BCUT2D eigenvalue weighted by Gasteiger charge is 2.44. The number of benzene rings is 1. The molecule has 3 rings (SSSR count). The maximum absolute atomic E-state index is 6.56. The molecule has 1 aliphatic carbocycles. The third-order valence-electron chi connectivity index (χ3n) is 4.32. The Morgan fingerprint density at radius 3 is 2.39 bits per heavy atom. The summed E-state index contributed by atoms with van der Waals surface area (Å²) < 4.78 is 0. The van der Waals surface area contributed by atoms with Gasteiger partial charge in [-0.05, 0) is 36.8 Å². The first-order valence-corrected chi connectivity index (χ1v) is 7.46. The Morgan fingerprint density at radius 2 is 1.89 bits per heavy atom. The molecule has 1 unspecified atom stereocenters. The third kappa shape index (κ3) is 1.80. The van der Waals surface area contributed by atoms with Crippen molar-refractivity contribution in [2.24, 2.45) is 5.73 Å². The Morgan fingerprint density at radius 1 is 1.17 bits per heavy atom. The topological polar surface area (TPSA) is 26.0 Å². The van der Waals surface area contributed by atoms with Gasteiger partial charge in [0.2, 0.25) is 0 Å². The van der Waals surface area contributed by atoms with Crippen molar-refractivity contribution < 1.29 is 0 Å². The van der Waals surface area contributed by atoms with Gasteiger partial charge in [-0.1, -0.05) is 42.3 Å². The average molecular weight is 257 g/mol. The minimum atomic E-state index is 0.147. The van der Waals surface area contributed by atoms with Gasteiger partial charge in [0.05, 0.1) is 0 Å². The molecule has 2 N–H and O–H groups in total. The molecule has 1 aliphatic rings. The fourth-order valence-corrected chi connectivity index (χ4v) is 3.81. The van der Waals surface area contributed by atoms with Gasteiger partial charge in [0.1, 0.15) is 0 Å². The van der Waals surface area contributed by atoms with Gasteiger partial charge < -0.3 is 5.73 Å². The summed E-state index contributed by atoms with van der Waals surface area (Å²) in [5.41, 5.74) is 9.47. The minimum Gasteiger partial charge on any atom is -0.323 e. The van der Waals surface area contributed by atoms with Crippen LogP contribution < -0.4 is 5.73 Å². The molecule has 0 radical (unpaired) electrons. The van der Waals surface area contributed by atoms with E-state index in [4.69, 9.17) is 5.73 Å². The highest BCUT2D eigenvalue weighted by atomic mass is 32.1. The number of hydrogen-bond donors (Lipinski definition) is 1. The van der Waals surface area contributed by atoms with Crippen LogP contribution in [0, 0.1) is 6.92 Å². The fraction of sp³-hybridized carbons (Fsp3) is 0.375. The third-order valence-corrected chi connectivity index (χ3v) is 5.27. The van der Waals surface area contributed by atoms with Gasteiger partial charge in [-0.25, -0.2) is 0 Å². The fourth-order valence-electron chi connectivity index (χ4n) is 2.96. The number of thiophene rings is 1. The van der Waals surface area contributed by atoms with E-state index in [0.29, 0.717) is 0 Å². The molecule has 0 bridgehead atoms.